The first-order valence-electron chi connectivity index (χ1n) is 8.35. The van der Waals surface area contributed by atoms with Crippen LogP contribution in [0.5, 0.6) is 0 Å². The SMILES string of the molecule is CCCCCCCCCN1CCC2(CC1)OCCO2. The molecule has 2 heterocycles. The van der Waals surface area contributed by atoms with Crippen molar-refractivity contribution >= 4 is 0 Å². The van der Waals surface area contributed by atoms with Gasteiger partial charge in [0.1, 0.15) is 0 Å². The number of hydrogen-bond acceptors (Lipinski definition) is 3. The highest BCUT2D eigenvalue weighted by Gasteiger charge is 2.39. The lowest BCUT2D eigenvalue weighted by Gasteiger charge is -2.37. The lowest BCUT2D eigenvalue weighted by molar-refractivity contribution is -0.185. The summed E-state index contributed by atoms with van der Waals surface area (Å²) in [7, 11) is 0. The minimum atomic E-state index is -0.198. The van der Waals surface area contributed by atoms with Crippen molar-refractivity contribution < 1.29 is 9.47 Å². The molecule has 3 heteroatoms. The third-order valence-corrected chi connectivity index (χ3v) is 4.51. The highest BCUT2D eigenvalue weighted by molar-refractivity contribution is 4.82. The zero-order valence-corrected chi connectivity index (χ0v) is 12.7. The molecule has 0 saturated carbocycles. The normalized spacial score (nSPS) is 23.2. The van der Waals surface area contributed by atoms with E-state index in [1.165, 1.54) is 51.5 Å². The van der Waals surface area contributed by atoms with Gasteiger partial charge in [-0.3, -0.25) is 0 Å². The summed E-state index contributed by atoms with van der Waals surface area (Å²) in [5, 5.41) is 0. The molecular formula is C16H31NO2. The van der Waals surface area contributed by atoms with Crippen molar-refractivity contribution in [3.8, 4) is 0 Å². The van der Waals surface area contributed by atoms with Crippen LogP contribution in [0.3, 0.4) is 0 Å². The van der Waals surface area contributed by atoms with Crippen LogP contribution in [0.1, 0.15) is 64.7 Å². The van der Waals surface area contributed by atoms with Crippen LogP contribution >= 0.6 is 0 Å². The Balaban J connectivity index is 1.47. The third kappa shape index (κ3) is 5.05. The minimum absolute atomic E-state index is 0.198. The smallest absolute Gasteiger partial charge is 0.170 e. The molecule has 0 aliphatic carbocycles. The van der Waals surface area contributed by atoms with Crippen molar-refractivity contribution in [1.82, 2.24) is 4.90 Å². The number of ether oxygens (including phenoxy) is 2. The molecule has 0 bridgehead atoms. The quantitative estimate of drug-likeness (QED) is 0.629. The first kappa shape index (κ1) is 15.3. The summed E-state index contributed by atoms with van der Waals surface area (Å²) in [6.07, 6.45) is 11.9. The number of likely N-dealkylation sites (tertiary alicyclic amines) is 1. The third-order valence-electron chi connectivity index (χ3n) is 4.51. The predicted octanol–water partition coefficient (Wildman–Crippen LogP) is 3.58. The van der Waals surface area contributed by atoms with E-state index in [4.69, 9.17) is 9.47 Å². The second-order valence-corrected chi connectivity index (χ2v) is 6.07. The predicted molar refractivity (Wildman–Crippen MR) is 78.3 cm³/mol. The molecule has 2 saturated heterocycles. The Labute approximate surface area is 118 Å². The van der Waals surface area contributed by atoms with Gasteiger partial charge in [-0.15, -0.1) is 0 Å². The maximum atomic E-state index is 5.76. The van der Waals surface area contributed by atoms with E-state index in [2.05, 4.69) is 11.8 Å². The summed E-state index contributed by atoms with van der Waals surface area (Å²) in [5.41, 5.74) is 0. The van der Waals surface area contributed by atoms with Gasteiger partial charge in [0.25, 0.3) is 0 Å². The Hall–Kier alpha value is -0.120. The topological polar surface area (TPSA) is 21.7 Å². The maximum absolute atomic E-state index is 5.76. The van der Waals surface area contributed by atoms with E-state index in [0.29, 0.717) is 0 Å². The second-order valence-electron chi connectivity index (χ2n) is 6.07. The molecule has 2 aliphatic rings. The molecule has 2 fully saturated rings. The number of nitrogens with zero attached hydrogens (tertiary/aromatic N) is 1. The van der Waals surface area contributed by atoms with Gasteiger partial charge in [0, 0.05) is 25.9 Å². The first-order chi connectivity index (χ1) is 9.35. The Morgan fingerprint density at radius 2 is 1.42 bits per heavy atom. The zero-order chi connectivity index (χ0) is 13.4. The molecule has 0 amide bonds. The molecule has 2 rings (SSSR count). The lowest BCUT2D eigenvalue weighted by atomic mass is 10.0. The largest absolute Gasteiger partial charge is 0.347 e. The lowest BCUT2D eigenvalue weighted by Crippen LogP contribution is -2.45. The van der Waals surface area contributed by atoms with Crippen molar-refractivity contribution in [3.63, 3.8) is 0 Å². The van der Waals surface area contributed by atoms with Crippen LogP contribution in [0.2, 0.25) is 0 Å². The molecule has 0 radical (unpaired) electrons. The van der Waals surface area contributed by atoms with Crippen LogP contribution in [0.15, 0.2) is 0 Å². The second kappa shape index (κ2) is 8.23. The summed E-state index contributed by atoms with van der Waals surface area (Å²) in [4.78, 5) is 2.59. The van der Waals surface area contributed by atoms with Crippen molar-refractivity contribution in [1.29, 1.82) is 0 Å². The molecule has 0 aromatic rings. The maximum Gasteiger partial charge on any atom is 0.170 e. The van der Waals surface area contributed by atoms with E-state index in [1.54, 1.807) is 0 Å². The highest BCUT2D eigenvalue weighted by atomic mass is 16.7. The van der Waals surface area contributed by atoms with E-state index in [9.17, 15) is 0 Å². The first-order valence-corrected chi connectivity index (χ1v) is 8.35. The average molecular weight is 269 g/mol. The van der Waals surface area contributed by atoms with Gasteiger partial charge in [-0.05, 0) is 13.0 Å². The molecule has 0 unspecified atom stereocenters. The highest BCUT2D eigenvalue weighted by Crippen LogP contribution is 2.31. The van der Waals surface area contributed by atoms with Crippen LogP contribution < -0.4 is 0 Å². The molecule has 0 atom stereocenters. The summed E-state index contributed by atoms with van der Waals surface area (Å²) in [6.45, 7) is 7.42. The van der Waals surface area contributed by atoms with Gasteiger partial charge in [-0.1, -0.05) is 45.4 Å². The monoisotopic (exact) mass is 269 g/mol. The van der Waals surface area contributed by atoms with Gasteiger partial charge in [0.15, 0.2) is 5.79 Å². The molecule has 1 spiro atoms. The van der Waals surface area contributed by atoms with Gasteiger partial charge < -0.3 is 14.4 Å². The molecular weight excluding hydrogens is 238 g/mol. The summed E-state index contributed by atoms with van der Waals surface area (Å²) in [5.74, 6) is -0.198. The van der Waals surface area contributed by atoms with Crippen LogP contribution in [0, 0.1) is 0 Å². The van der Waals surface area contributed by atoms with Crippen molar-refractivity contribution in [3.05, 3.63) is 0 Å². The van der Waals surface area contributed by atoms with Gasteiger partial charge in [-0.25, -0.2) is 0 Å². The molecule has 2 aliphatic heterocycles. The van der Waals surface area contributed by atoms with Gasteiger partial charge in [0.2, 0.25) is 0 Å². The van der Waals surface area contributed by atoms with E-state index in [1.807, 2.05) is 0 Å². The van der Waals surface area contributed by atoms with Crippen molar-refractivity contribution in [2.75, 3.05) is 32.8 Å². The van der Waals surface area contributed by atoms with Crippen molar-refractivity contribution in [2.24, 2.45) is 0 Å². The minimum Gasteiger partial charge on any atom is -0.347 e. The molecule has 0 aromatic heterocycles. The van der Waals surface area contributed by atoms with Crippen LogP contribution in [-0.2, 0) is 9.47 Å². The Morgan fingerprint density at radius 1 is 0.842 bits per heavy atom. The summed E-state index contributed by atoms with van der Waals surface area (Å²) in [6, 6.07) is 0. The van der Waals surface area contributed by atoms with Crippen LogP contribution in [0.25, 0.3) is 0 Å². The molecule has 112 valence electrons. The van der Waals surface area contributed by atoms with Gasteiger partial charge in [-0.2, -0.15) is 0 Å². The molecule has 0 N–H and O–H groups in total. The summed E-state index contributed by atoms with van der Waals surface area (Å²) >= 11 is 0. The van der Waals surface area contributed by atoms with E-state index in [0.717, 1.165) is 39.1 Å². The van der Waals surface area contributed by atoms with E-state index >= 15 is 0 Å². The molecule has 3 nitrogen and oxygen atoms in total. The fourth-order valence-electron chi connectivity index (χ4n) is 3.20. The van der Waals surface area contributed by atoms with E-state index in [-0.39, 0.29) is 5.79 Å². The van der Waals surface area contributed by atoms with E-state index < -0.39 is 0 Å². The number of hydrogen-bond donors (Lipinski definition) is 0. The summed E-state index contributed by atoms with van der Waals surface area (Å²) < 4.78 is 11.5. The Kier molecular flexibility index (Phi) is 6.62. The van der Waals surface area contributed by atoms with Crippen molar-refractivity contribution in [2.45, 2.75) is 70.5 Å². The van der Waals surface area contributed by atoms with Gasteiger partial charge >= 0.3 is 0 Å². The standard InChI is InChI=1S/C16H31NO2/c1-2-3-4-5-6-7-8-11-17-12-9-16(10-13-17)18-14-15-19-16/h2-15H2,1H3. The van der Waals surface area contributed by atoms with Crippen LogP contribution in [-0.4, -0.2) is 43.5 Å². The Bertz CT molecular complexity index is 229. The number of rotatable bonds is 8. The molecule has 19 heavy (non-hydrogen) atoms. The zero-order valence-electron chi connectivity index (χ0n) is 12.7. The number of unbranched alkanes of at least 4 members (excludes halogenated alkanes) is 6. The average Bonchev–Trinajstić information content (AvgIpc) is 2.89. The fraction of sp³-hybridized carbons (Fsp3) is 1.00. The number of piperidine rings is 1. The molecule has 0 aromatic carbocycles. The Morgan fingerprint density at radius 3 is 2.05 bits per heavy atom. The van der Waals surface area contributed by atoms with Gasteiger partial charge in [0.05, 0.1) is 13.2 Å². The van der Waals surface area contributed by atoms with Crippen LogP contribution in [0.4, 0.5) is 0 Å². The fourth-order valence-corrected chi connectivity index (χ4v) is 3.20.